The van der Waals surface area contributed by atoms with E-state index in [1.54, 1.807) is 0 Å². The summed E-state index contributed by atoms with van der Waals surface area (Å²) in [5.74, 6) is -1.09. The second-order valence-electron chi connectivity index (χ2n) is 2.80. The maximum atomic E-state index is 12.6. The lowest BCUT2D eigenvalue weighted by Gasteiger charge is -2.07. The molecule has 0 aliphatic carbocycles. The molecule has 0 unspecified atom stereocenters. The quantitative estimate of drug-likeness (QED) is 0.661. The Bertz CT molecular complexity index is 459. The van der Waals surface area contributed by atoms with E-state index in [1.807, 2.05) is 4.98 Å². The van der Waals surface area contributed by atoms with Gasteiger partial charge in [-0.15, -0.1) is 0 Å². The maximum absolute atomic E-state index is 12.6. The lowest BCUT2D eigenvalue weighted by Crippen LogP contribution is -2.22. The molecule has 7 heteroatoms. The monoisotopic (exact) mass is 251 g/mol. The normalized spacial score (nSPS) is 10.6. The number of esters is 1. The third-order valence-electron chi connectivity index (χ3n) is 1.75. The molecule has 1 heterocycles. The van der Waals surface area contributed by atoms with Gasteiger partial charge in [-0.05, 0) is 13.0 Å². The Kier molecular flexibility index (Phi) is 4.00. The van der Waals surface area contributed by atoms with Crippen LogP contribution in [0.2, 0.25) is 5.15 Å². The first-order chi connectivity index (χ1) is 7.47. The molecule has 1 aromatic rings. The maximum Gasteiger partial charge on any atom is 0.344 e. The minimum atomic E-state index is -2.97. The average Bonchev–Trinajstić information content (AvgIpc) is 2.16. The number of alkyl halides is 2. The molecule has 0 aromatic carbocycles. The van der Waals surface area contributed by atoms with E-state index in [4.69, 9.17) is 11.6 Å². The first-order valence-corrected chi connectivity index (χ1v) is 4.73. The molecule has 0 aliphatic heterocycles. The van der Waals surface area contributed by atoms with Crippen molar-refractivity contribution in [2.24, 2.45) is 0 Å². The first kappa shape index (κ1) is 12.6. The van der Waals surface area contributed by atoms with Gasteiger partial charge in [-0.1, -0.05) is 11.6 Å². The van der Waals surface area contributed by atoms with Gasteiger partial charge in [0.25, 0.3) is 12.0 Å². The number of halogens is 3. The molecule has 0 saturated heterocycles. The largest absolute Gasteiger partial charge is 0.462 e. The highest BCUT2D eigenvalue weighted by Gasteiger charge is 2.23. The predicted octanol–water partition coefficient (Wildman–Crippen LogP) is 2.14. The van der Waals surface area contributed by atoms with E-state index < -0.39 is 29.1 Å². The van der Waals surface area contributed by atoms with E-state index in [1.165, 1.54) is 6.92 Å². The van der Waals surface area contributed by atoms with Crippen LogP contribution in [-0.4, -0.2) is 17.6 Å². The van der Waals surface area contributed by atoms with Crippen molar-refractivity contribution in [1.82, 2.24) is 4.98 Å². The van der Waals surface area contributed by atoms with Crippen molar-refractivity contribution in [3.8, 4) is 0 Å². The minimum Gasteiger partial charge on any atom is -0.462 e. The van der Waals surface area contributed by atoms with Crippen molar-refractivity contribution in [2.75, 3.05) is 6.61 Å². The minimum absolute atomic E-state index is 0.0103. The molecule has 88 valence electrons. The van der Waals surface area contributed by atoms with Crippen LogP contribution in [0.4, 0.5) is 8.78 Å². The molecule has 0 bridgehead atoms. The Morgan fingerprint density at radius 2 is 2.25 bits per heavy atom. The molecule has 1 rings (SSSR count). The van der Waals surface area contributed by atoms with Crippen LogP contribution in [0, 0.1) is 0 Å². The van der Waals surface area contributed by atoms with E-state index in [0.717, 1.165) is 6.07 Å². The van der Waals surface area contributed by atoms with Gasteiger partial charge < -0.3 is 9.72 Å². The summed E-state index contributed by atoms with van der Waals surface area (Å²) in [5, 5.41) is -0.256. The molecule has 16 heavy (non-hydrogen) atoms. The average molecular weight is 252 g/mol. The number of H-pyrrole nitrogens is 1. The Morgan fingerprint density at radius 3 is 2.75 bits per heavy atom. The zero-order valence-corrected chi connectivity index (χ0v) is 8.98. The number of aromatic amines is 1. The molecule has 0 aliphatic rings. The van der Waals surface area contributed by atoms with Crippen LogP contribution >= 0.6 is 11.6 Å². The summed E-state index contributed by atoms with van der Waals surface area (Å²) in [7, 11) is 0. The summed E-state index contributed by atoms with van der Waals surface area (Å²) >= 11 is 5.41. The summed E-state index contributed by atoms with van der Waals surface area (Å²) in [6, 6.07) is 0.833. The summed E-state index contributed by atoms with van der Waals surface area (Å²) < 4.78 is 29.6. The van der Waals surface area contributed by atoms with Crippen LogP contribution in [0.1, 0.15) is 29.3 Å². The molecule has 0 saturated carbocycles. The van der Waals surface area contributed by atoms with Gasteiger partial charge in [0.05, 0.1) is 6.61 Å². The van der Waals surface area contributed by atoms with Gasteiger partial charge in [0, 0.05) is 5.56 Å². The van der Waals surface area contributed by atoms with Gasteiger partial charge >= 0.3 is 5.97 Å². The van der Waals surface area contributed by atoms with Gasteiger partial charge in [0.1, 0.15) is 10.7 Å². The summed E-state index contributed by atoms with van der Waals surface area (Å²) in [6.07, 6.45) is -2.97. The van der Waals surface area contributed by atoms with Crippen LogP contribution in [0.15, 0.2) is 10.9 Å². The highest BCUT2D eigenvalue weighted by Crippen LogP contribution is 2.23. The van der Waals surface area contributed by atoms with Gasteiger partial charge in [0.2, 0.25) is 0 Å². The fraction of sp³-hybridized carbons (Fsp3) is 0.333. The van der Waals surface area contributed by atoms with E-state index in [-0.39, 0.29) is 11.8 Å². The molecule has 1 N–H and O–H groups in total. The van der Waals surface area contributed by atoms with E-state index in [9.17, 15) is 18.4 Å². The van der Waals surface area contributed by atoms with Crippen molar-refractivity contribution < 1.29 is 18.3 Å². The second kappa shape index (κ2) is 5.07. The lowest BCUT2D eigenvalue weighted by atomic mass is 10.1. The fourth-order valence-electron chi connectivity index (χ4n) is 1.13. The molecular weight excluding hydrogens is 244 g/mol. The smallest absolute Gasteiger partial charge is 0.344 e. The van der Waals surface area contributed by atoms with Crippen molar-refractivity contribution in [3.63, 3.8) is 0 Å². The number of carbonyl (C=O) groups is 1. The molecule has 0 spiro atoms. The lowest BCUT2D eigenvalue weighted by molar-refractivity contribution is 0.0513. The number of hydrogen-bond donors (Lipinski definition) is 1. The van der Waals surface area contributed by atoms with E-state index in [0.29, 0.717) is 0 Å². The van der Waals surface area contributed by atoms with Crippen molar-refractivity contribution in [2.45, 2.75) is 13.3 Å². The molecule has 0 fully saturated rings. The van der Waals surface area contributed by atoms with Crippen LogP contribution in [0.3, 0.4) is 0 Å². The molecule has 0 radical (unpaired) electrons. The predicted molar refractivity (Wildman–Crippen MR) is 53.0 cm³/mol. The highest BCUT2D eigenvalue weighted by atomic mass is 35.5. The Hall–Kier alpha value is -1.43. The van der Waals surface area contributed by atoms with Crippen LogP contribution in [0.5, 0.6) is 0 Å². The highest BCUT2D eigenvalue weighted by molar-refractivity contribution is 6.29. The van der Waals surface area contributed by atoms with Crippen molar-refractivity contribution >= 4 is 17.6 Å². The molecule has 0 amide bonds. The number of hydrogen-bond acceptors (Lipinski definition) is 3. The molecule has 4 nitrogen and oxygen atoms in total. The number of aromatic nitrogens is 1. The first-order valence-electron chi connectivity index (χ1n) is 4.35. The van der Waals surface area contributed by atoms with Gasteiger partial charge in [-0.2, -0.15) is 0 Å². The third-order valence-corrected chi connectivity index (χ3v) is 1.95. The number of pyridine rings is 1. The SMILES string of the molecule is CCOC(=O)c1c(C(F)F)cc(Cl)[nH]c1=O. The van der Waals surface area contributed by atoms with E-state index in [2.05, 4.69) is 4.74 Å². The van der Waals surface area contributed by atoms with Crippen LogP contribution < -0.4 is 5.56 Å². The van der Waals surface area contributed by atoms with Crippen LogP contribution in [-0.2, 0) is 4.74 Å². The number of nitrogens with one attached hydrogen (secondary N) is 1. The number of rotatable bonds is 3. The summed E-state index contributed by atoms with van der Waals surface area (Å²) in [4.78, 5) is 24.6. The van der Waals surface area contributed by atoms with Crippen molar-refractivity contribution in [3.05, 3.63) is 32.7 Å². The Balaban J connectivity index is 3.35. The van der Waals surface area contributed by atoms with Crippen LogP contribution in [0.25, 0.3) is 0 Å². The standard InChI is InChI=1S/C9H8ClF2NO3/c1-2-16-9(15)6-4(7(11)12)3-5(10)13-8(6)14/h3,7H,2H2,1H3,(H,13,14). The molecule has 1 aromatic heterocycles. The fourth-order valence-corrected chi connectivity index (χ4v) is 1.34. The van der Waals surface area contributed by atoms with Gasteiger partial charge in [0.15, 0.2) is 0 Å². The van der Waals surface area contributed by atoms with Gasteiger partial charge in [-0.25, -0.2) is 13.6 Å². The van der Waals surface area contributed by atoms with Gasteiger partial charge in [-0.3, -0.25) is 4.79 Å². The molecule has 0 atom stereocenters. The van der Waals surface area contributed by atoms with Crippen molar-refractivity contribution in [1.29, 1.82) is 0 Å². The second-order valence-corrected chi connectivity index (χ2v) is 3.21. The zero-order chi connectivity index (χ0) is 12.3. The zero-order valence-electron chi connectivity index (χ0n) is 8.22. The summed E-state index contributed by atoms with van der Waals surface area (Å²) in [5.41, 5.74) is -2.42. The Labute approximate surface area is 94.2 Å². The number of carbonyl (C=O) groups excluding carboxylic acids is 1. The summed E-state index contributed by atoms with van der Waals surface area (Å²) in [6.45, 7) is 1.49. The Morgan fingerprint density at radius 1 is 1.62 bits per heavy atom. The topological polar surface area (TPSA) is 59.2 Å². The molecular formula is C9H8ClF2NO3. The third kappa shape index (κ3) is 2.57. The number of ether oxygens (including phenoxy) is 1. The van der Waals surface area contributed by atoms with E-state index >= 15 is 0 Å².